The molecule has 2 N–H and O–H groups in total. The molecular weight excluding hydrogens is 298 g/mol. The molecule has 0 saturated carbocycles. The van der Waals surface area contributed by atoms with Crippen LogP contribution >= 0.6 is 11.3 Å². The van der Waals surface area contributed by atoms with Gasteiger partial charge in [0.05, 0.1) is 24.6 Å². The molecule has 7 heteroatoms. The maximum atomic E-state index is 6.19. The topological polar surface area (TPSA) is 66.1 Å². The number of thiazole rings is 1. The van der Waals surface area contributed by atoms with Crippen LogP contribution in [0.5, 0.6) is 0 Å². The van der Waals surface area contributed by atoms with Crippen molar-refractivity contribution in [3.8, 4) is 0 Å². The van der Waals surface area contributed by atoms with Crippen molar-refractivity contribution in [1.82, 2.24) is 19.9 Å². The van der Waals surface area contributed by atoms with Crippen LogP contribution in [-0.2, 0) is 11.3 Å². The first-order chi connectivity index (χ1) is 10.8. The van der Waals surface area contributed by atoms with Crippen molar-refractivity contribution in [2.24, 2.45) is 0 Å². The van der Waals surface area contributed by atoms with Crippen LogP contribution in [0.1, 0.15) is 25.0 Å². The van der Waals surface area contributed by atoms with Crippen LogP contribution in [0.15, 0.2) is 24.1 Å². The number of nitrogens with one attached hydrogen (secondary N) is 2. The average Bonchev–Trinajstić information content (AvgIpc) is 3.26. The Morgan fingerprint density at radius 1 is 1.45 bits per heavy atom. The number of hydrogen-bond donors (Lipinski definition) is 2. The van der Waals surface area contributed by atoms with Gasteiger partial charge in [-0.05, 0) is 19.3 Å². The molecular formula is C15H21N5OS. The summed E-state index contributed by atoms with van der Waals surface area (Å²) < 4.78 is 6.19. The summed E-state index contributed by atoms with van der Waals surface area (Å²) in [5.74, 6) is 0. The lowest BCUT2D eigenvalue weighted by molar-refractivity contribution is -0.0449. The van der Waals surface area contributed by atoms with Gasteiger partial charge in [-0.2, -0.15) is 0 Å². The van der Waals surface area contributed by atoms with Crippen molar-refractivity contribution in [1.29, 1.82) is 0 Å². The fourth-order valence-electron chi connectivity index (χ4n) is 3.49. The molecule has 2 aliphatic rings. The zero-order chi connectivity index (χ0) is 14.8. The van der Waals surface area contributed by atoms with Gasteiger partial charge in [-0.1, -0.05) is 0 Å². The Balaban J connectivity index is 1.29. The number of nitrogens with zero attached hydrogens (tertiary/aromatic N) is 3. The van der Waals surface area contributed by atoms with Gasteiger partial charge in [-0.3, -0.25) is 4.90 Å². The van der Waals surface area contributed by atoms with Crippen molar-refractivity contribution < 1.29 is 4.74 Å². The fraction of sp³-hybridized carbons (Fsp3) is 0.600. The van der Waals surface area contributed by atoms with Gasteiger partial charge in [0.15, 0.2) is 5.13 Å². The predicted molar refractivity (Wildman–Crippen MR) is 85.9 cm³/mol. The molecule has 6 nitrogen and oxygen atoms in total. The molecule has 0 aromatic carbocycles. The zero-order valence-corrected chi connectivity index (χ0v) is 13.3. The number of H-pyrrole nitrogens is 1. The summed E-state index contributed by atoms with van der Waals surface area (Å²) in [5, 5.41) is 6.50. The fourth-order valence-corrected chi connectivity index (χ4v) is 4.09. The molecule has 22 heavy (non-hydrogen) atoms. The second-order valence-electron chi connectivity index (χ2n) is 6.23. The third-order valence-electron chi connectivity index (χ3n) is 4.69. The normalized spacial score (nSPS) is 24.8. The van der Waals surface area contributed by atoms with Crippen molar-refractivity contribution in [3.63, 3.8) is 0 Å². The highest BCUT2D eigenvalue weighted by molar-refractivity contribution is 7.13. The molecule has 118 valence electrons. The molecule has 0 radical (unpaired) electrons. The summed E-state index contributed by atoms with van der Waals surface area (Å²) in [7, 11) is 0. The Morgan fingerprint density at radius 3 is 3.09 bits per heavy atom. The Hall–Kier alpha value is -1.44. The monoisotopic (exact) mass is 319 g/mol. The molecule has 2 fully saturated rings. The molecule has 2 aromatic rings. The van der Waals surface area contributed by atoms with E-state index in [4.69, 9.17) is 4.74 Å². The van der Waals surface area contributed by atoms with Crippen LogP contribution < -0.4 is 5.32 Å². The molecule has 1 spiro atoms. The maximum Gasteiger partial charge on any atom is 0.182 e. The number of likely N-dealkylation sites (tertiary alicyclic amines) is 1. The van der Waals surface area contributed by atoms with Crippen LogP contribution in [0.2, 0.25) is 0 Å². The number of rotatable bonds is 4. The molecule has 0 bridgehead atoms. The Bertz CT molecular complexity index is 577. The van der Waals surface area contributed by atoms with E-state index in [2.05, 4.69) is 25.2 Å². The lowest BCUT2D eigenvalue weighted by Gasteiger charge is -2.38. The average molecular weight is 319 g/mol. The van der Waals surface area contributed by atoms with Gasteiger partial charge in [0.1, 0.15) is 0 Å². The van der Waals surface area contributed by atoms with Crippen molar-refractivity contribution in [2.45, 2.75) is 37.5 Å². The van der Waals surface area contributed by atoms with Gasteiger partial charge in [-0.15, -0.1) is 11.3 Å². The van der Waals surface area contributed by atoms with E-state index >= 15 is 0 Å². The summed E-state index contributed by atoms with van der Waals surface area (Å²) in [6.07, 6.45) is 8.80. The van der Waals surface area contributed by atoms with Crippen molar-refractivity contribution in [3.05, 3.63) is 29.8 Å². The Kier molecular flexibility index (Phi) is 3.85. The van der Waals surface area contributed by atoms with E-state index in [0.717, 1.165) is 50.6 Å². The zero-order valence-electron chi connectivity index (χ0n) is 12.5. The maximum absolute atomic E-state index is 6.19. The van der Waals surface area contributed by atoms with Gasteiger partial charge >= 0.3 is 0 Å². The first-order valence-electron chi connectivity index (χ1n) is 7.81. The molecule has 0 aliphatic carbocycles. The third-order valence-corrected chi connectivity index (χ3v) is 5.39. The van der Waals surface area contributed by atoms with E-state index in [0.29, 0.717) is 6.04 Å². The van der Waals surface area contributed by atoms with Gasteiger partial charge in [0, 0.05) is 43.1 Å². The lowest BCUT2D eigenvalue weighted by atomic mass is 9.87. The summed E-state index contributed by atoms with van der Waals surface area (Å²) in [5.41, 5.74) is 1.26. The van der Waals surface area contributed by atoms with Crippen molar-refractivity contribution in [2.75, 3.05) is 25.0 Å². The number of aromatic nitrogens is 3. The summed E-state index contributed by atoms with van der Waals surface area (Å²) in [6, 6.07) is 0.394. The minimum Gasteiger partial charge on any atom is -0.373 e. The van der Waals surface area contributed by atoms with Gasteiger partial charge < -0.3 is 15.0 Å². The second-order valence-corrected chi connectivity index (χ2v) is 7.12. The van der Waals surface area contributed by atoms with Crippen molar-refractivity contribution >= 4 is 16.5 Å². The Morgan fingerprint density at radius 2 is 2.36 bits per heavy atom. The second kappa shape index (κ2) is 5.98. The molecule has 2 aromatic heterocycles. The van der Waals surface area contributed by atoms with Gasteiger partial charge in [0.25, 0.3) is 0 Å². The van der Waals surface area contributed by atoms with E-state index < -0.39 is 0 Å². The van der Waals surface area contributed by atoms with E-state index in [9.17, 15) is 0 Å². The third kappa shape index (κ3) is 3.02. The minimum atomic E-state index is 0.0689. The van der Waals surface area contributed by atoms with Crippen LogP contribution in [0, 0.1) is 0 Å². The minimum absolute atomic E-state index is 0.0689. The van der Waals surface area contributed by atoms with E-state index in [1.807, 2.05) is 17.8 Å². The van der Waals surface area contributed by atoms with Crippen LogP contribution in [0.4, 0.5) is 5.13 Å². The molecule has 4 rings (SSSR count). The number of ether oxygens (including phenoxy) is 1. The SMILES string of the molecule is c1csc(NC2COC3(CCN(Cc4cnc[nH]4)CC3)C2)n1. The molecule has 2 saturated heterocycles. The quantitative estimate of drug-likeness (QED) is 0.903. The highest BCUT2D eigenvalue weighted by atomic mass is 32.1. The summed E-state index contributed by atoms with van der Waals surface area (Å²) in [6.45, 7) is 3.92. The van der Waals surface area contributed by atoms with E-state index in [1.54, 1.807) is 17.7 Å². The predicted octanol–water partition coefficient (Wildman–Crippen LogP) is 2.10. The van der Waals surface area contributed by atoms with Crippen LogP contribution in [0.25, 0.3) is 0 Å². The molecule has 1 atom stereocenters. The summed E-state index contributed by atoms with van der Waals surface area (Å²) >= 11 is 1.65. The van der Waals surface area contributed by atoms with E-state index in [-0.39, 0.29) is 5.60 Å². The molecule has 0 amide bonds. The standard InChI is InChI=1S/C15H21N5OS/c1-4-20(9-13-8-16-11-18-13)5-2-15(1)7-12(10-21-15)19-14-17-3-6-22-14/h3,6,8,11-12H,1-2,4-5,7,9-10H2,(H,16,18)(H,17,19). The number of anilines is 1. The number of hydrogen-bond acceptors (Lipinski definition) is 6. The Labute approximate surface area is 133 Å². The number of aromatic amines is 1. The number of piperidine rings is 1. The van der Waals surface area contributed by atoms with Gasteiger partial charge in [-0.25, -0.2) is 9.97 Å². The van der Waals surface area contributed by atoms with E-state index in [1.165, 1.54) is 5.69 Å². The largest absolute Gasteiger partial charge is 0.373 e. The molecule has 1 unspecified atom stereocenters. The highest BCUT2D eigenvalue weighted by Crippen LogP contribution is 2.37. The van der Waals surface area contributed by atoms with Crippen LogP contribution in [-0.4, -0.2) is 51.2 Å². The lowest BCUT2D eigenvalue weighted by Crippen LogP contribution is -2.44. The molecule has 2 aliphatic heterocycles. The smallest absolute Gasteiger partial charge is 0.182 e. The molecule has 4 heterocycles. The van der Waals surface area contributed by atoms with Crippen LogP contribution in [0.3, 0.4) is 0 Å². The summed E-state index contributed by atoms with van der Waals surface area (Å²) in [4.78, 5) is 14.0. The number of imidazole rings is 1. The first kappa shape index (κ1) is 14.2. The first-order valence-corrected chi connectivity index (χ1v) is 8.69. The van der Waals surface area contributed by atoms with Gasteiger partial charge in [0.2, 0.25) is 0 Å². The highest BCUT2D eigenvalue weighted by Gasteiger charge is 2.42.